The second-order valence-corrected chi connectivity index (χ2v) is 11.0. The zero-order valence-corrected chi connectivity index (χ0v) is 21.9. The van der Waals surface area contributed by atoms with E-state index in [1.165, 1.54) is 0 Å². The van der Waals surface area contributed by atoms with Crippen molar-refractivity contribution in [1.82, 2.24) is 19.9 Å². The first-order valence-electron chi connectivity index (χ1n) is 12.9. The van der Waals surface area contributed by atoms with Crippen molar-refractivity contribution in [3.8, 4) is 11.5 Å². The van der Waals surface area contributed by atoms with Gasteiger partial charge in [0, 0.05) is 12.4 Å². The largest absolute Gasteiger partial charge is 0.450 e. The van der Waals surface area contributed by atoms with Gasteiger partial charge in [0.25, 0.3) is 10.1 Å². The van der Waals surface area contributed by atoms with Crippen LogP contribution in [0.5, 0.6) is 11.5 Å². The fourth-order valence-corrected chi connectivity index (χ4v) is 5.12. The van der Waals surface area contributed by atoms with Gasteiger partial charge >= 0.3 is 0 Å². The van der Waals surface area contributed by atoms with Crippen molar-refractivity contribution in [2.24, 2.45) is 0 Å². The number of anilines is 2. The van der Waals surface area contributed by atoms with E-state index >= 15 is 0 Å². The predicted molar refractivity (Wildman–Crippen MR) is 144 cm³/mol. The monoisotopic (exact) mass is 521 g/mol. The molecule has 1 aliphatic heterocycles. The molecule has 0 amide bonds. The van der Waals surface area contributed by atoms with Gasteiger partial charge in [0.15, 0.2) is 11.5 Å². The minimum absolute atomic E-state index is 0.274. The molecule has 194 valence electrons. The molecule has 0 radical (unpaired) electrons. The Bertz CT molecular complexity index is 1570. The van der Waals surface area contributed by atoms with Crippen LogP contribution in [0.25, 0.3) is 22.1 Å². The molecule has 5 rings (SSSR count). The van der Waals surface area contributed by atoms with Crippen LogP contribution < -0.4 is 10.1 Å². The van der Waals surface area contributed by atoms with Crippen LogP contribution in [-0.4, -0.2) is 38.7 Å². The molecular formula is C27H31N5O4S. The summed E-state index contributed by atoms with van der Waals surface area (Å²) in [6.45, 7) is 4.30. The number of aryl methyl sites for hydroxylation is 3. The van der Waals surface area contributed by atoms with Crippen molar-refractivity contribution in [2.45, 2.75) is 65.2 Å². The summed E-state index contributed by atoms with van der Waals surface area (Å²) in [5.74, 6) is 0.827. The lowest BCUT2D eigenvalue weighted by Crippen LogP contribution is -2.10. The molecule has 0 atom stereocenters. The van der Waals surface area contributed by atoms with Crippen molar-refractivity contribution in [1.29, 1.82) is 0 Å². The third kappa shape index (κ3) is 5.35. The molecule has 0 fully saturated rings. The molecule has 2 aromatic carbocycles. The maximum atomic E-state index is 11.2. The second kappa shape index (κ2) is 10.5. The van der Waals surface area contributed by atoms with Gasteiger partial charge in [-0.2, -0.15) is 8.42 Å². The number of hydrogen-bond donors (Lipinski definition) is 2. The minimum atomic E-state index is -4.03. The second-order valence-electron chi connectivity index (χ2n) is 9.44. The molecule has 0 bridgehead atoms. The van der Waals surface area contributed by atoms with E-state index in [4.69, 9.17) is 29.2 Å². The minimum Gasteiger partial charge on any atom is -0.450 e. The summed E-state index contributed by atoms with van der Waals surface area (Å²) in [6, 6.07) is 5.69. The van der Waals surface area contributed by atoms with E-state index in [9.17, 15) is 8.42 Å². The highest BCUT2D eigenvalue weighted by Crippen LogP contribution is 2.49. The van der Waals surface area contributed by atoms with Crippen LogP contribution in [0.2, 0.25) is 0 Å². The molecule has 0 unspecified atom stereocenters. The fourth-order valence-electron chi connectivity index (χ4n) is 4.61. The van der Waals surface area contributed by atoms with E-state index in [1.807, 2.05) is 24.4 Å². The Morgan fingerprint density at radius 1 is 0.838 bits per heavy atom. The van der Waals surface area contributed by atoms with Gasteiger partial charge in [-0.3, -0.25) is 9.54 Å². The number of benzene rings is 2. The van der Waals surface area contributed by atoms with E-state index in [0.717, 1.165) is 61.2 Å². The number of nitrogens with zero attached hydrogens (tertiary/aromatic N) is 4. The Morgan fingerprint density at radius 2 is 1.49 bits per heavy atom. The maximum absolute atomic E-state index is 11.2. The summed E-state index contributed by atoms with van der Waals surface area (Å²) in [6.07, 6.45) is 10.2. The van der Waals surface area contributed by atoms with Crippen molar-refractivity contribution >= 4 is 43.6 Å². The van der Waals surface area contributed by atoms with Gasteiger partial charge in [-0.1, -0.05) is 38.8 Å². The van der Waals surface area contributed by atoms with E-state index in [1.54, 1.807) is 6.20 Å². The van der Waals surface area contributed by atoms with E-state index in [2.05, 4.69) is 19.2 Å². The molecule has 37 heavy (non-hydrogen) atoms. The van der Waals surface area contributed by atoms with Gasteiger partial charge in [0.2, 0.25) is 0 Å². The molecule has 0 saturated carbocycles. The van der Waals surface area contributed by atoms with Crippen LogP contribution in [0.3, 0.4) is 0 Å². The van der Waals surface area contributed by atoms with Crippen LogP contribution in [-0.2, 0) is 29.4 Å². The number of aromatic nitrogens is 4. The summed E-state index contributed by atoms with van der Waals surface area (Å²) >= 11 is 0. The summed E-state index contributed by atoms with van der Waals surface area (Å²) in [5.41, 5.74) is 6.77. The molecule has 1 aliphatic rings. The zero-order valence-electron chi connectivity index (χ0n) is 21.1. The van der Waals surface area contributed by atoms with Gasteiger partial charge in [-0.25, -0.2) is 15.0 Å². The van der Waals surface area contributed by atoms with Crippen molar-refractivity contribution in [2.75, 3.05) is 11.1 Å². The first-order chi connectivity index (χ1) is 17.9. The molecule has 0 saturated heterocycles. The molecular weight excluding hydrogens is 490 g/mol. The number of fused-ring (bicyclic) bond motifs is 7. The molecule has 10 heteroatoms. The standard InChI is InChI=1S/C27H31N5O4S/c1-3-5-11-18-15-28-21-22(30-18)23-24(29-16-19(31-23)12-6-4-2)27-25(21)32-20-13-7-9-17(26(20)36-27)10-8-14-37(33,34)35/h7,9,13,15-16,32H,3-6,8,10-12,14H2,1-2H3,(H,33,34,35). The van der Waals surface area contributed by atoms with Crippen molar-refractivity contribution in [3.05, 3.63) is 47.5 Å². The third-order valence-corrected chi connectivity index (χ3v) is 7.33. The predicted octanol–water partition coefficient (Wildman–Crippen LogP) is 5.93. The van der Waals surface area contributed by atoms with Crippen molar-refractivity contribution < 1.29 is 17.7 Å². The Labute approximate surface area is 216 Å². The average molecular weight is 522 g/mol. The lowest BCUT2D eigenvalue weighted by atomic mass is 10.0. The average Bonchev–Trinajstić information content (AvgIpc) is 2.89. The Kier molecular flexibility index (Phi) is 7.21. The topological polar surface area (TPSA) is 127 Å². The molecule has 9 nitrogen and oxygen atoms in total. The highest BCUT2D eigenvalue weighted by Gasteiger charge is 2.27. The molecule has 0 spiro atoms. The summed E-state index contributed by atoms with van der Waals surface area (Å²) in [4.78, 5) is 19.5. The fraction of sp³-hybridized carbons (Fsp3) is 0.407. The quantitative estimate of drug-likeness (QED) is 0.170. The Balaban J connectivity index is 1.63. The summed E-state index contributed by atoms with van der Waals surface area (Å²) in [5, 5.41) is 3.47. The van der Waals surface area contributed by atoms with Gasteiger partial charge < -0.3 is 10.1 Å². The first-order valence-corrected chi connectivity index (χ1v) is 14.5. The molecule has 2 aromatic heterocycles. The summed E-state index contributed by atoms with van der Waals surface area (Å²) in [7, 11) is -4.03. The zero-order chi connectivity index (χ0) is 26.0. The van der Waals surface area contributed by atoms with Gasteiger partial charge in [0.05, 0.1) is 22.8 Å². The van der Waals surface area contributed by atoms with Crippen LogP contribution >= 0.6 is 0 Å². The number of para-hydroxylation sites is 1. The molecule has 2 N–H and O–H groups in total. The normalized spacial score (nSPS) is 12.7. The molecule has 3 heterocycles. The van der Waals surface area contributed by atoms with Crippen molar-refractivity contribution in [3.63, 3.8) is 0 Å². The lowest BCUT2D eigenvalue weighted by Gasteiger charge is -2.25. The van der Waals surface area contributed by atoms with E-state index in [-0.39, 0.29) is 12.2 Å². The number of ether oxygens (including phenoxy) is 1. The van der Waals surface area contributed by atoms with E-state index < -0.39 is 10.1 Å². The molecule has 4 aromatic rings. The SMILES string of the molecule is CCCCc1cnc2c3c(c4ncc(CCCC)nc4c2n1)Oc1c(CCCS(=O)(=O)O)cccc1N3. The number of unbranched alkanes of at least 4 members (excludes halogenated alkanes) is 2. The number of nitrogens with one attached hydrogen (secondary N) is 1. The van der Waals surface area contributed by atoms with E-state index in [0.29, 0.717) is 45.7 Å². The lowest BCUT2D eigenvalue weighted by molar-refractivity contribution is 0.474. The van der Waals surface area contributed by atoms with Crippen LogP contribution in [0.15, 0.2) is 30.6 Å². The maximum Gasteiger partial charge on any atom is 0.264 e. The van der Waals surface area contributed by atoms with Crippen LogP contribution in [0, 0.1) is 0 Å². The number of hydrogen-bond acceptors (Lipinski definition) is 8. The third-order valence-electron chi connectivity index (χ3n) is 6.53. The van der Waals surface area contributed by atoms with Gasteiger partial charge in [-0.15, -0.1) is 0 Å². The van der Waals surface area contributed by atoms with Gasteiger partial charge in [-0.05, 0) is 50.2 Å². The van der Waals surface area contributed by atoms with Crippen LogP contribution in [0.1, 0.15) is 62.9 Å². The number of rotatable bonds is 10. The summed E-state index contributed by atoms with van der Waals surface area (Å²) < 4.78 is 38.0. The van der Waals surface area contributed by atoms with Gasteiger partial charge in [0.1, 0.15) is 27.8 Å². The Hall–Kier alpha value is -3.37. The highest BCUT2D eigenvalue weighted by molar-refractivity contribution is 7.85. The molecule has 0 aliphatic carbocycles. The highest BCUT2D eigenvalue weighted by atomic mass is 32.2. The first kappa shape index (κ1) is 25.3. The van der Waals surface area contributed by atoms with Crippen LogP contribution in [0.4, 0.5) is 11.4 Å². The Morgan fingerprint density at radius 3 is 2.14 bits per heavy atom. The smallest absolute Gasteiger partial charge is 0.264 e.